The number of hydrogen-bond acceptors (Lipinski definition) is 3. The number of amides is 2. The summed E-state index contributed by atoms with van der Waals surface area (Å²) in [6.45, 7) is 3.40. The van der Waals surface area contributed by atoms with Crippen molar-refractivity contribution in [3.8, 4) is 0 Å². The van der Waals surface area contributed by atoms with Crippen LogP contribution in [0.25, 0.3) is 0 Å². The lowest BCUT2D eigenvalue weighted by atomic mass is 9.96. The maximum absolute atomic E-state index is 12.5. The minimum absolute atomic E-state index is 0.000172. The van der Waals surface area contributed by atoms with Crippen molar-refractivity contribution in [1.29, 1.82) is 0 Å². The van der Waals surface area contributed by atoms with E-state index in [1.165, 1.54) is 12.8 Å². The lowest BCUT2D eigenvalue weighted by molar-refractivity contribution is -0.137. The Labute approximate surface area is 133 Å². The largest absolute Gasteiger partial charge is 0.354 e. The van der Waals surface area contributed by atoms with Gasteiger partial charge >= 0.3 is 0 Å². The smallest absolute Gasteiger partial charge is 0.237 e. The topological polar surface area (TPSA) is 61.4 Å². The molecule has 0 aromatic rings. The number of carbonyl (C=O) groups is 2. The van der Waals surface area contributed by atoms with Crippen molar-refractivity contribution in [2.45, 2.75) is 57.4 Å². The number of nitrogens with zero attached hydrogens (tertiary/aromatic N) is 1. The molecule has 3 fully saturated rings. The van der Waals surface area contributed by atoms with Gasteiger partial charge in [0.1, 0.15) is 0 Å². The van der Waals surface area contributed by atoms with Crippen LogP contribution in [0, 0.1) is 11.8 Å². The van der Waals surface area contributed by atoms with Gasteiger partial charge in [0.05, 0.1) is 6.04 Å². The lowest BCUT2D eigenvalue weighted by Crippen LogP contribution is -2.47. The van der Waals surface area contributed by atoms with Gasteiger partial charge in [-0.1, -0.05) is 12.8 Å². The molecule has 0 radical (unpaired) electrons. The van der Waals surface area contributed by atoms with Crippen LogP contribution >= 0.6 is 0 Å². The van der Waals surface area contributed by atoms with Gasteiger partial charge in [-0.15, -0.1) is 0 Å². The van der Waals surface area contributed by atoms with Crippen molar-refractivity contribution in [2.75, 3.05) is 26.2 Å². The Balaban J connectivity index is 1.43. The number of rotatable bonds is 4. The van der Waals surface area contributed by atoms with Gasteiger partial charge in [-0.2, -0.15) is 0 Å². The van der Waals surface area contributed by atoms with E-state index in [0.29, 0.717) is 18.4 Å². The van der Waals surface area contributed by atoms with Crippen molar-refractivity contribution in [2.24, 2.45) is 11.8 Å². The Hall–Kier alpha value is -1.10. The fourth-order valence-electron chi connectivity index (χ4n) is 4.14. The van der Waals surface area contributed by atoms with E-state index >= 15 is 0 Å². The van der Waals surface area contributed by atoms with Crippen LogP contribution in [0.4, 0.5) is 0 Å². The second-order valence-electron chi connectivity index (χ2n) is 7.17. The van der Waals surface area contributed by atoms with Crippen LogP contribution in [0.15, 0.2) is 0 Å². The first-order chi connectivity index (χ1) is 10.7. The normalized spacial score (nSPS) is 29.7. The van der Waals surface area contributed by atoms with Gasteiger partial charge in [-0.3, -0.25) is 9.59 Å². The fourth-order valence-corrected chi connectivity index (χ4v) is 4.14. The molecule has 0 spiro atoms. The summed E-state index contributed by atoms with van der Waals surface area (Å²) in [5.41, 5.74) is 0. The zero-order valence-corrected chi connectivity index (χ0v) is 13.5. The quantitative estimate of drug-likeness (QED) is 0.822. The highest BCUT2D eigenvalue weighted by Gasteiger charge is 2.31. The third kappa shape index (κ3) is 3.80. The first kappa shape index (κ1) is 15.8. The van der Waals surface area contributed by atoms with E-state index in [9.17, 15) is 9.59 Å². The highest BCUT2D eigenvalue weighted by atomic mass is 16.2. The Morgan fingerprint density at radius 2 is 1.86 bits per heavy atom. The molecule has 2 amide bonds. The molecule has 5 nitrogen and oxygen atoms in total. The molecule has 1 aliphatic carbocycles. The van der Waals surface area contributed by atoms with Crippen LogP contribution in [0.5, 0.6) is 0 Å². The Bertz CT molecular complexity index is 401. The first-order valence-corrected chi connectivity index (χ1v) is 9.04. The molecule has 2 atom stereocenters. The predicted molar refractivity (Wildman–Crippen MR) is 85.3 cm³/mol. The molecule has 2 N–H and O–H groups in total. The minimum atomic E-state index is -0.000172. The van der Waals surface area contributed by atoms with Crippen molar-refractivity contribution in [3.05, 3.63) is 0 Å². The summed E-state index contributed by atoms with van der Waals surface area (Å²) < 4.78 is 0. The Kier molecular flexibility index (Phi) is 5.34. The fraction of sp³-hybridized carbons (Fsp3) is 0.882. The first-order valence-electron chi connectivity index (χ1n) is 9.04. The number of nitrogens with one attached hydrogen (secondary N) is 2. The summed E-state index contributed by atoms with van der Waals surface area (Å²) >= 11 is 0. The number of piperidine rings is 1. The number of hydrogen-bond donors (Lipinski definition) is 2. The molecule has 3 rings (SSSR count). The van der Waals surface area contributed by atoms with E-state index < -0.39 is 0 Å². The van der Waals surface area contributed by atoms with Crippen molar-refractivity contribution >= 4 is 11.8 Å². The van der Waals surface area contributed by atoms with Crippen LogP contribution in [0.2, 0.25) is 0 Å². The van der Waals surface area contributed by atoms with E-state index in [1.54, 1.807) is 0 Å². The van der Waals surface area contributed by atoms with E-state index in [0.717, 1.165) is 58.2 Å². The summed E-state index contributed by atoms with van der Waals surface area (Å²) in [5.74, 6) is 1.20. The summed E-state index contributed by atoms with van der Waals surface area (Å²) in [4.78, 5) is 26.6. The maximum atomic E-state index is 12.5. The zero-order chi connectivity index (χ0) is 15.4. The summed E-state index contributed by atoms with van der Waals surface area (Å²) in [6, 6.07) is -0.000172. The van der Waals surface area contributed by atoms with Gasteiger partial charge in [-0.25, -0.2) is 0 Å². The molecule has 3 aliphatic rings. The van der Waals surface area contributed by atoms with E-state index in [2.05, 4.69) is 15.5 Å². The SMILES string of the molecule is O=C(NCC1CCCN(C(=O)C2CCCC2)C1)C1CCCN1. The molecule has 0 aromatic carbocycles. The Morgan fingerprint density at radius 1 is 1.05 bits per heavy atom. The molecule has 2 heterocycles. The van der Waals surface area contributed by atoms with Crippen LogP contribution < -0.4 is 10.6 Å². The number of carbonyl (C=O) groups excluding carboxylic acids is 2. The predicted octanol–water partition coefficient (Wildman–Crippen LogP) is 1.28. The second-order valence-corrected chi connectivity index (χ2v) is 7.17. The summed E-state index contributed by atoms with van der Waals surface area (Å²) in [6.07, 6.45) is 8.78. The summed E-state index contributed by atoms with van der Waals surface area (Å²) in [5, 5.41) is 6.32. The molecule has 0 bridgehead atoms. The lowest BCUT2D eigenvalue weighted by Gasteiger charge is -2.34. The van der Waals surface area contributed by atoms with Crippen LogP contribution in [-0.2, 0) is 9.59 Å². The number of likely N-dealkylation sites (tertiary alicyclic amines) is 1. The molecular formula is C17H29N3O2. The van der Waals surface area contributed by atoms with Gasteiger partial charge < -0.3 is 15.5 Å². The average Bonchev–Trinajstić information content (AvgIpc) is 3.25. The van der Waals surface area contributed by atoms with Gasteiger partial charge in [0.15, 0.2) is 0 Å². The molecule has 22 heavy (non-hydrogen) atoms. The maximum Gasteiger partial charge on any atom is 0.237 e. The highest BCUT2D eigenvalue weighted by molar-refractivity contribution is 5.82. The van der Waals surface area contributed by atoms with Gasteiger partial charge in [-0.05, 0) is 51.0 Å². The molecular weight excluding hydrogens is 278 g/mol. The molecule has 124 valence electrons. The average molecular weight is 307 g/mol. The molecule has 5 heteroatoms. The molecule has 2 saturated heterocycles. The third-order valence-electron chi connectivity index (χ3n) is 5.48. The van der Waals surface area contributed by atoms with Crippen LogP contribution in [0.1, 0.15) is 51.4 Å². The third-order valence-corrected chi connectivity index (χ3v) is 5.48. The van der Waals surface area contributed by atoms with Crippen LogP contribution in [-0.4, -0.2) is 48.9 Å². The van der Waals surface area contributed by atoms with Gasteiger partial charge in [0.2, 0.25) is 11.8 Å². The van der Waals surface area contributed by atoms with Gasteiger partial charge in [0, 0.05) is 25.6 Å². The van der Waals surface area contributed by atoms with E-state index in [1.807, 2.05) is 0 Å². The monoisotopic (exact) mass is 307 g/mol. The van der Waals surface area contributed by atoms with Gasteiger partial charge in [0.25, 0.3) is 0 Å². The molecule has 2 aliphatic heterocycles. The minimum Gasteiger partial charge on any atom is -0.354 e. The molecule has 1 saturated carbocycles. The molecule has 2 unspecified atom stereocenters. The van der Waals surface area contributed by atoms with Crippen molar-refractivity contribution in [3.63, 3.8) is 0 Å². The van der Waals surface area contributed by atoms with Crippen molar-refractivity contribution in [1.82, 2.24) is 15.5 Å². The van der Waals surface area contributed by atoms with Crippen molar-refractivity contribution < 1.29 is 9.59 Å². The standard InChI is InChI=1S/C17H29N3O2/c21-16(15-8-3-9-18-15)19-11-13-5-4-10-20(12-13)17(22)14-6-1-2-7-14/h13-15,18H,1-12H2,(H,19,21). The van der Waals surface area contributed by atoms with E-state index in [4.69, 9.17) is 0 Å². The molecule has 0 aromatic heterocycles. The zero-order valence-electron chi connectivity index (χ0n) is 13.5. The summed E-state index contributed by atoms with van der Waals surface area (Å²) in [7, 11) is 0. The second kappa shape index (κ2) is 7.44. The Morgan fingerprint density at radius 3 is 2.59 bits per heavy atom. The van der Waals surface area contributed by atoms with Crippen LogP contribution in [0.3, 0.4) is 0 Å². The van der Waals surface area contributed by atoms with E-state index in [-0.39, 0.29) is 17.9 Å². The highest BCUT2D eigenvalue weighted by Crippen LogP contribution is 2.28.